The summed E-state index contributed by atoms with van der Waals surface area (Å²) in [4.78, 5) is 13.3. The Hall–Kier alpha value is -1.01. The molecule has 0 radical (unpaired) electrons. The van der Waals surface area contributed by atoms with Crippen LogP contribution in [0, 0.1) is 6.92 Å². The quantitative estimate of drug-likeness (QED) is 0.914. The van der Waals surface area contributed by atoms with Gasteiger partial charge in [-0.05, 0) is 29.3 Å². The van der Waals surface area contributed by atoms with E-state index in [2.05, 4.69) is 43.1 Å². The lowest BCUT2D eigenvalue weighted by atomic mass is 10.4. The first-order chi connectivity index (χ1) is 8.69. The molecule has 0 aliphatic rings. The van der Waals surface area contributed by atoms with Crippen LogP contribution in [-0.2, 0) is 6.42 Å². The lowest BCUT2D eigenvalue weighted by molar-refractivity contribution is 0.920. The summed E-state index contributed by atoms with van der Waals surface area (Å²) in [6.07, 6.45) is 3.55. The zero-order valence-corrected chi connectivity index (χ0v) is 12.8. The van der Waals surface area contributed by atoms with Gasteiger partial charge in [-0.1, -0.05) is 6.92 Å². The Bertz CT molecular complexity index is 527. The Labute approximate surface area is 119 Å². The Morgan fingerprint density at radius 3 is 2.89 bits per heavy atom. The molecule has 2 aromatic rings. The van der Waals surface area contributed by atoms with E-state index < -0.39 is 0 Å². The van der Waals surface area contributed by atoms with E-state index in [4.69, 9.17) is 0 Å². The van der Waals surface area contributed by atoms with Gasteiger partial charge in [0.05, 0.1) is 10.9 Å². The van der Waals surface area contributed by atoms with Gasteiger partial charge in [-0.3, -0.25) is 0 Å². The van der Waals surface area contributed by atoms with Gasteiger partial charge in [0.15, 0.2) is 0 Å². The number of hydrogen-bond donors (Lipinski definition) is 1. The maximum absolute atomic E-state index is 4.51. The number of halogens is 1. The minimum atomic E-state index is 0.687. The second-order valence-electron chi connectivity index (χ2n) is 3.97. The average molecular weight is 327 g/mol. The highest BCUT2D eigenvalue weighted by Crippen LogP contribution is 2.20. The van der Waals surface area contributed by atoms with E-state index in [0.717, 1.165) is 39.8 Å². The minimum absolute atomic E-state index is 0.687. The van der Waals surface area contributed by atoms with Crippen molar-refractivity contribution in [3.63, 3.8) is 0 Å². The number of thiazole rings is 1. The fraction of sp³-hybridized carbons (Fsp3) is 0.417. The maximum Gasteiger partial charge on any atom is 0.144 e. The predicted octanol–water partition coefficient (Wildman–Crippen LogP) is 3.42. The molecule has 0 amide bonds. The number of hydrogen-bond acceptors (Lipinski definition) is 5. The monoisotopic (exact) mass is 326 g/mol. The van der Waals surface area contributed by atoms with E-state index in [9.17, 15) is 0 Å². The highest BCUT2D eigenvalue weighted by atomic mass is 79.9. The molecular formula is C12H15BrN4S. The van der Waals surface area contributed by atoms with Crippen molar-refractivity contribution in [3.05, 3.63) is 32.6 Å². The molecule has 0 atom stereocenters. The molecule has 0 unspecified atom stereocenters. The van der Waals surface area contributed by atoms with Gasteiger partial charge in [0.2, 0.25) is 0 Å². The van der Waals surface area contributed by atoms with Gasteiger partial charge in [-0.25, -0.2) is 15.0 Å². The summed E-state index contributed by atoms with van der Waals surface area (Å²) >= 11 is 5.10. The van der Waals surface area contributed by atoms with Crippen LogP contribution in [0.4, 0.5) is 5.82 Å². The second kappa shape index (κ2) is 6.24. The molecule has 96 valence electrons. The normalized spacial score (nSPS) is 10.6. The van der Waals surface area contributed by atoms with Gasteiger partial charge < -0.3 is 5.32 Å². The molecule has 0 bridgehead atoms. The van der Waals surface area contributed by atoms with Gasteiger partial charge in [-0.15, -0.1) is 11.3 Å². The van der Waals surface area contributed by atoms with Gasteiger partial charge in [0.1, 0.15) is 16.6 Å². The summed E-state index contributed by atoms with van der Waals surface area (Å²) in [7, 11) is 0. The van der Waals surface area contributed by atoms with E-state index in [-0.39, 0.29) is 0 Å². The molecule has 1 N–H and O–H groups in total. The highest BCUT2D eigenvalue weighted by Gasteiger charge is 2.07. The molecule has 0 spiro atoms. The summed E-state index contributed by atoms with van der Waals surface area (Å²) in [5.74, 6) is 1.65. The van der Waals surface area contributed by atoms with E-state index in [1.165, 1.54) is 0 Å². The third-order valence-corrected chi connectivity index (χ3v) is 3.86. The largest absolute Gasteiger partial charge is 0.369 e. The van der Waals surface area contributed by atoms with Crippen LogP contribution in [0.3, 0.4) is 0 Å². The summed E-state index contributed by atoms with van der Waals surface area (Å²) in [6, 6.07) is 0. The standard InChI is InChI=1S/C12H15BrN4S/c1-3-4-14-12-9(13)6-15-10(17-12)5-11-16-8(2)7-18-11/h6-7H,3-5H2,1-2H3,(H,14,15,17). The Balaban J connectivity index is 2.13. The van der Waals surface area contributed by atoms with E-state index in [0.29, 0.717) is 6.42 Å². The fourth-order valence-electron chi connectivity index (χ4n) is 1.48. The molecule has 2 aromatic heterocycles. The van der Waals surface area contributed by atoms with Crippen molar-refractivity contribution >= 4 is 33.1 Å². The molecule has 0 aliphatic carbocycles. The van der Waals surface area contributed by atoms with Crippen LogP contribution in [0.2, 0.25) is 0 Å². The molecule has 4 nitrogen and oxygen atoms in total. The molecule has 0 saturated carbocycles. The number of aryl methyl sites for hydroxylation is 1. The molecular weight excluding hydrogens is 312 g/mol. The van der Waals surface area contributed by atoms with Gasteiger partial charge >= 0.3 is 0 Å². The third kappa shape index (κ3) is 3.49. The SMILES string of the molecule is CCCNc1nc(Cc2nc(C)cs2)ncc1Br. The van der Waals surface area contributed by atoms with E-state index >= 15 is 0 Å². The first-order valence-electron chi connectivity index (χ1n) is 5.85. The minimum Gasteiger partial charge on any atom is -0.369 e. The van der Waals surface area contributed by atoms with Crippen LogP contribution in [0.5, 0.6) is 0 Å². The van der Waals surface area contributed by atoms with Crippen molar-refractivity contribution in [2.75, 3.05) is 11.9 Å². The van der Waals surface area contributed by atoms with E-state index in [1.807, 2.05) is 12.3 Å². The topological polar surface area (TPSA) is 50.7 Å². The number of rotatable bonds is 5. The second-order valence-corrected chi connectivity index (χ2v) is 5.77. The number of aromatic nitrogens is 3. The summed E-state index contributed by atoms with van der Waals surface area (Å²) in [5, 5.41) is 6.38. The molecule has 0 saturated heterocycles. The summed E-state index contributed by atoms with van der Waals surface area (Å²) in [6.45, 7) is 5.03. The van der Waals surface area contributed by atoms with Gasteiger partial charge in [0.25, 0.3) is 0 Å². The van der Waals surface area contributed by atoms with Crippen LogP contribution < -0.4 is 5.32 Å². The first-order valence-corrected chi connectivity index (χ1v) is 7.52. The highest BCUT2D eigenvalue weighted by molar-refractivity contribution is 9.10. The van der Waals surface area contributed by atoms with Crippen molar-refractivity contribution in [1.29, 1.82) is 0 Å². The van der Waals surface area contributed by atoms with Gasteiger partial charge in [0, 0.05) is 23.8 Å². The molecule has 0 fully saturated rings. The molecule has 0 aliphatic heterocycles. The zero-order valence-electron chi connectivity index (χ0n) is 10.4. The zero-order chi connectivity index (χ0) is 13.0. The Morgan fingerprint density at radius 2 is 2.22 bits per heavy atom. The van der Waals surface area contributed by atoms with Crippen molar-refractivity contribution in [1.82, 2.24) is 15.0 Å². The van der Waals surface area contributed by atoms with Crippen LogP contribution in [0.1, 0.15) is 29.9 Å². The third-order valence-electron chi connectivity index (χ3n) is 2.31. The fourth-order valence-corrected chi connectivity index (χ4v) is 2.57. The van der Waals surface area contributed by atoms with Crippen molar-refractivity contribution in [3.8, 4) is 0 Å². The van der Waals surface area contributed by atoms with Crippen molar-refractivity contribution < 1.29 is 0 Å². The maximum atomic E-state index is 4.51. The number of anilines is 1. The lowest BCUT2D eigenvalue weighted by Crippen LogP contribution is -2.06. The first kappa shape index (κ1) is 13.4. The molecule has 18 heavy (non-hydrogen) atoms. The molecule has 2 heterocycles. The lowest BCUT2D eigenvalue weighted by Gasteiger charge is -2.07. The van der Waals surface area contributed by atoms with E-state index in [1.54, 1.807) is 17.5 Å². The molecule has 2 rings (SSSR count). The van der Waals surface area contributed by atoms with Crippen LogP contribution in [0.25, 0.3) is 0 Å². The van der Waals surface area contributed by atoms with Crippen molar-refractivity contribution in [2.24, 2.45) is 0 Å². The Kier molecular flexibility index (Phi) is 4.66. The molecule has 0 aromatic carbocycles. The van der Waals surface area contributed by atoms with Gasteiger partial charge in [-0.2, -0.15) is 0 Å². The van der Waals surface area contributed by atoms with Crippen molar-refractivity contribution in [2.45, 2.75) is 26.7 Å². The Morgan fingerprint density at radius 1 is 1.39 bits per heavy atom. The van der Waals surface area contributed by atoms with Crippen LogP contribution in [-0.4, -0.2) is 21.5 Å². The van der Waals surface area contributed by atoms with Crippen LogP contribution in [0.15, 0.2) is 16.0 Å². The molecule has 6 heteroatoms. The van der Waals surface area contributed by atoms with Crippen LogP contribution >= 0.6 is 27.3 Å². The summed E-state index contributed by atoms with van der Waals surface area (Å²) in [5.41, 5.74) is 1.05. The number of nitrogens with one attached hydrogen (secondary N) is 1. The summed E-state index contributed by atoms with van der Waals surface area (Å²) < 4.78 is 0.898. The average Bonchev–Trinajstić information content (AvgIpc) is 2.75. The number of nitrogens with zero attached hydrogens (tertiary/aromatic N) is 3. The predicted molar refractivity (Wildman–Crippen MR) is 78.2 cm³/mol. The smallest absolute Gasteiger partial charge is 0.144 e.